The smallest absolute Gasteiger partial charge is 0.188 e. The second kappa shape index (κ2) is 10.2. The summed E-state index contributed by atoms with van der Waals surface area (Å²) in [5.41, 5.74) is 0. The van der Waals surface area contributed by atoms with E-state index in [9.17, 15) is 4.79 Å². The molecule has 0 atom stereocenters. The van der Waals surface area contributed by atoms with E-state index in [0.717, 1.165) is 18.6 Å². The fourth-order valence-corrected chi connectivity index (χ4v) is 3.09. The van der Waals surface area contributed by atoms with Crippen molar-refractivity contribution < 1.29 is 4.79 Å². The lowest BCUT2D eigenvalue weighted by Gasteiger charge is -2.01. The van der Waals surface area contributed by atoms with Crippen molar-refractivity contribution in [3.8, 4) is 0 Å². The lowest BCUT2D eigenvalue weighted by Crippen LogP contribution is -1.93. The van der Waals surface area contributed by atoms with Crippen molar-refractivity contribution in [3.63, 3.8) is 0 Å². The highest BCUT2D eigenvalue weighted by Crippen LogP contribution is 2.17. The van der Waals surface area contributed by atoms with Crippen LogP contribution in [0.3, 0.4) is 0 Å². The SMILES string of the molecule is O=C1CCCCCCCCCCCCCS1. The van der Waals surface area contributed by atoms with Crippen LogP contribution in [0.2, 0.25) is 0 Å². The van der Waals surface area contributed by atoms with Gasteiger partial charge in [-0.3, -0.25) is 4.79 Å². The van der Waals surface area contributed by atoms with Gasteiger partial charge in [0.15, 0.2) is 5.12 Å². The van der Waals surface area contributed by atoms with Crippen LogP contribution in [-0.4, -0.2) is 10.9 Å². The van der Waals surface area contributed by atoms with Gasteiger partial charge in [0.25, 0.3) is 0 Å². The van der Waals surface area contributed by atoms with Crippen molar-refractivity contribution in [1.29, 1.82) is 0 Å². The van der Waals surface area contributed by atoms with Crippen molar-refractivity contribution in [2.75, 3.05) is 5.75 Å². The third-order valence-corrected chi connectivity index (χ3v) is 4.31. The van der Waals surface area contributed by atoms with Gasteiger partial charge in [-0.15, -0.1) is 0 Å². The molecule has 16 heavy (non-hydrogen) atoms. The Morgan fingerprint density at radius 2 is 1.06 bits per heavy atom. The van der Waals surface area contributed by atoms with Gasteiger partial charge in [0, 0.05) is 12.2 Å². The fraction of sp³-hybridized carbons (Fsp3) is 0.929. The minimum atomic E-state index is 0.426. The second-order valence-electron chi connectivity index (χ2n) is 4.86. The summed E-state index contributed by atoms with van der Waals surface area (Å²) in [5, 5.41) is 0.426. The molecule has 0 N–H and O–H groups in total. The number of rotatable bonds is 0. The summed E-state index contributed by atoms with van der Waals surface area (Å²) in [6.45, 7) is 0. The normalized spacial score (nSPS) is 23.4. The molecule has 0 amide bonds. The molecule has 0 aromatic rings. The molecule has 0 spiro atoms. The van der Waals surface area contributed by atoms with Gasteiger partial charge >= 0.3 is 0 Å². The first-order valence-electron chi connectivity index (χ1n) is 7.05. The van der Waals surface area contributed by atoms with E-state index in [0.29, 0.717) is 5.12 Å². The van der Waals surface area contributed by atoms with Crippen LogP contribution in [-0.2, 0) is 4.79 Å². The van der Waals surface area contributed by atoms with Crippen LogP contribution in [0, 0.1) is 0 Å². The molecule has 0 bridgehead atoms. The lowest BCUT2D eigenvalue weighted by molar-refractivity contribution is -0.111. The van der Waals surface area contributed by atoms with Crippen LogP contribution in [0.4, 0.5) is 0 Å². The van der Waals surface area contributed by atoms with Gasteiger partial charge in [-0.25, -0.2) is 0 Å². The zero-order chi connectivity index (χ0) is 11.5. The first kappa shape index (κ1) is 14.1. The summed E-state index contributed by atoms with van der Waals surface area (Å²) in [4.78, 5) is 11.5. The summed E-state index contributed by atoms with van der Waals surface area (Å²) in [5.74, 6) is 1.05. The Balaban J connectivity index is 2.13. The first-order valence-corrected chi connectivity index (χ1v) is 8.04. The topological polar surface area (TPSA) is 17.1 Å². The maximum absolute atomic E-state index is 11.5. The average Bonchev–Trinajstić information content (AvgIpc) is 2.29. The molecular weight excluding hydrogens is 216 g/mol. The highest BCUT2D eigenvalue weighted by atomic mass is 32.2. The van der Waals surface area contributed by atoms with Crippen LogP contribution in [0.15, 0.2) is 0 Å². The van der Waals surface area contributed by atoms with Gasteiger partial charge in [-0.05, 0) is 12.8 Å². The Labute approximate surface area is 105 Å². The van der Waals surface area contributed by atoms with E-state index in [1.54, 1.807) is 11.8 Å². The van der Waals surface area contributed by atoms with Crippen molar-refractivity contribution in [1.82, 2.24) is 0 Å². The van der Waals surface area contributed by atoms with Crippen LogP contribution in [0.25, 0.3) is 0 Å². The highest BCUT2D eigenvalue weighted by molar-refractivity contribution is 8.13. The molecular formula is C14H26OS. The Morgan fingerprint density at radius 1 is 0.625 bits per heavy atom. The standard InChI is InChI=1S/C14H26OS/c15-14-12-10-8-6-4-2-1-3-5-7-9-11-13-16-14/h1-13H2. The van der Waals surface area contributed by atoms with Crippen molar-refractivity contribution in [2.24, 2.45) is 0 Å². The summed E-state index contributed by atoms with van der Waals surface area (Å²) in [6.07, 6.45) is 15.5. The maximum Gasteiger partial charge on any atom is 0.188 e. The van der Waals surface area contributed by atoms with E-state index in [2.05, 4.69) is 0 Å². The predicted octanol–water partition coefficient (Wildman–Crippen LogP) is 4.94. The monoisotopic (exact) mass is 242 g/mol. The van der Waals surface area contributed by atoms with Gasteiger partial charge in [0.05, 0.1) is 0 Å². The largest absolute Gasteiger partial charge is 0.287 e. The molecule has 0 unspecified atom stereocenters. The molecule has 0 aromatic carbocycles. The molecule has 2 heteroatoms. The van der Waals surface area contributed by atoms with Gasteiger partial charge in [0.2, 0.25) is 0 Å². The summed E-state index contributed by atoms with van der Waals surface area (Å²) < 4.78 is 0. The van der Waals surface area contributed by atoms with Crippen molar-refractivity contribution >= 4 is 16.9 Å². The number of carbonyl (C=O) groups excluding carboxylic acids is 1. The molecule has 1 aliphatic rings. The van der Waals surface area contributed by atoms with E-state index in [1.807, 2.05) is 0 Å². The molecule has 94 valence electrons. The molecule has 1 aliphatic heterocycles. The number of hydrogen-bond donors (Lipinski definition) is 0. The second-order valence-corrected chi connectivity index (χ2v) is 6.01. The van der Waals surface area contributed by atoms with E-state index in [4.69, 9.17) is 0 Å². The van der Waals surface area contributed by atoms with Crippen LogP contribution >= 0.6 is 11.8 Å². The molecule has 1 saturated heterocycles. The third-order valence-electron chi connectivity index (χ3n) is 3.29. The molecule has 1 fully saturated rings. The first-order chi connectivity index (χ1) is 7.89. The van der Waals surface area contributed by atoms with E-state index in [1.165, 1.54) is 64.2 Å². The van der Waals surface area contributed by atoms with Gasteiger partial charge in [-0.1, -0.05) is 69.5 Å². The Morgan fingerprint density at radius 3 is 1.62 bits per heavy atom. The minimum Gasteiger partial charge on any atom is -0.287 e. The van der Waals surface area contributed by atoms with E-state index >= 15 is 0 Å². The number of carbonyl (C=O) groups is 1. The zero-order valence-electron chi connectivity index (χ0n) is 10.5. The predicted molar refractivity (Wildman–Crippen MR) is 72.9 cm³/mol. The van der Waals surface area contributed by atoms with Gasteiger partial charge in [-0.2, -0.15) is 0 Å². The summed E-state index contributed by atoms with van der Waals surface area (Å²) in [6, 6.07) is 0. The lowest BCUT2D eigenvalue weighted by atomic mass is 10.1. The number of thioether (sulfide) groups is 1. The Hall–Kier alpha value is 0.0200. The van der Waals surface area contributed by atoms with Crippen LogP contribution in [0.1, 0.15) is 77.0 Å². The quantitative estimate of drug-likeness (QED) is 0.598. The average molecular weight is 242 g/mol. The van der Waals surface area contributed by atoms with Gasteiger partial charge < -0.3 is 0 Å². The molecule has 1 heterocycles. The minimum absolute atomic E-state index is 0.426. The van der Waals surface area contributed by atoms with Gasteiger partial charge in [0.1, 0.15) is 0 Å². The zero-order valence-corrected chi connectivity index (χ0v) is 11.3. The maximum atomic E-state index is 11.5. The Kier molecular flexibility index (Phi) is 8.97. The van der Waals surface area contributed by atoms with Crippen molar-refractivity contribution in [3.05, 3.63) is 0 Å². The fourth-order valence-electron chi connectivity index (χ4n) is 2.22. The van der Waals surface area contributed by atoms with Crippen LogP contribution < -0.4 is 0 Å². The van der Waals surface area contributed by atoms with Crippen molar-refractivity contribution in [2.45, 2.75) is 77.0 Å². The Bertz CT molecular complexity index is 162. The molecule has 0 saturated carbocycles. The summed E-state index contributed by atoms with van der Waals surface area (Å²) in [7, 11) is 0. The molecule has 0 aliphatic carbocycles. The van der Waals surface area contributed by atoms with E-state index < -0.39 is 0 Å². The molecule has 0 aromatic heterocycles. The molecule has 1 rings (SSSR count). The molecule has 0 radical (unpaired) electrons. The highest BCUT2D eigenvalue weighted by Gasteiger charge is 2.03. The summed E-state index contributed by atoms with van der Waals surface area (Å²) >= 11 is 1.57. The van der Waals surface area contributed by atoms with E-state index in [-0.39, 0.29) is 0 Å². The molecule has 1 nitrogen and oxygen atoms in total. The third kappa shape index (κ3) is 8.20. The van der Waals surface area contributed by atoms with Crippen LogP contribution in [0.5, 0.6) is 0 Å². The number of hydrogen-bond acceptors (Lipinski definition) is 2.